The van der Waals surface area contributed by atoms with Gasteiger partial charge in [-0.15, -0.1) is 0 Å². The number of fused-ring (bicyclic) bond motifs is 1. The van der Waals surface area contributed by atoms with Gasteiger partial charge >= 0.3 is 5.97 Å². The van der Waals surface area contributed by atoms with Gasteiger partial charge in [-0.2, -0.15) is 0 Å². The van der Waals surface area contributed by atoms with Gasteiger partial charge in [0.25, 0.3) is 0 Å². The van der Waals surface area contributed by atoms with Crippen molar-refractivity contribution in [3.8, 4) is 0 Å². The first-order chi connectivity index (χ1) is 10.2. The average molecular weight is 285 g/mol. The standard InChI is InChI=1S/C18H23NO2/c20-18(21)17-16-3-1-2-15(16)11-19(17)10-12-4-6-13(7-5-12)14-8-9-14/h4-7,14-17H,1-3,8-11H2,(H,20,21). The minimum atomic E-state index is -0.626. The van der Waals surface area contributed by atoms with E-state index < -0.39 is 5.97 Å². The number of carboxylic acids is 1. The molecule has 1 saturated heterocycles. The number of rotatable bonds is 4. The molecule has 3 fully saturated rings. The molecule has 3 aliphatic rings. The molecule has 1 aromatic rings. The molecule has 112 valence electrons. The molecule has 0 aromatic heterocycles. The quantitative estimate of drug-likeness (QED) is 0.923. The van der Waals surface area contributed by atoms with Crippen molar-refractivity contribution in [1.82, 2.24) is 4.90 Å². The number of aliphatic carboxylic acids is 1. The van der Waals surface area contributed by atoms with Crippen molar-refractivity contribution in [1.29, 1.82) is 0 Å². The molecule has 0 spiro atoms. The lowest BCUT2D eigenvalue weighted by molar-refractivity contribution is -0.143. The Labute approximate surface area is 126 Å². The van der Waals surface area contributed by atoms with E-state index in [1.165, 1.54) is 36.8 Å². The van der Waals surface area contributed by atoms with Crippen molar-refractivity contribution in [3.05, 3.63) is 35.4 Å². The fraction of sp³-hybridized carbons (Fsp3) is 0.611. The fourth-order valence-corrected chi connectivity index (χ4v) is 4.44. The van der Waals surface area contributed by atoms with Gasteiger partial charge in [0.1, 0.15) is 6.04 Å². The molecule has 0 bridgehead atoms. The van der Waals surface area contributed by atoms with Crippen LogP contribution in [0, 0.1) is 11.8 Å². The molecule has 3 atom stereocenters. The number of likely N-dealkylation sites (tertiary alicyclic amines) is 1. The van der Waals surface area contributed by atoms with Crippen molar-refractivity contribution in [3.63, 3.8) is 0 Å². The summed E-state index contributed by atoms with van der Waals surface area (Å²) in [7, 11) is 0. The van der Waals surface area contributed by atoms with Gasteiger partial charge in [-0.25, -0.2) is 0 Å². The summed E-state index contributed by atoms with van der Waals surface area (Å²) >= 11 is 0. The van der Waals surface area contributed by atoms with Crippen LogP contribution in [0.15, 0.2) is 24.3 Å². The largest absolute Gasteiger partial charge is 0.480 e. The van der Waals surface area contributed by atoms with Crippen LogP contribution in [0.4, 0.5) is 0 Å². The van der Waals surface area contributed by atoms with E-state index in [9.17, 15) is 9.90 Å². The molecule has 1 heterocycles. The Balaban J connectivity index is 1.48. The highest BCUT2D eigenvalue weighted by molar-refractivity contribution is 5.74. The zero-order chi connectivity index (χ0) is 14.4. The summed E-state index contributed by atoms with van der Waals surface area (Å²) in [6.45, 7) is 1.75. The Kier molecular flexibility index (Phi) is 3.26. The Morgan fingerprint density at radius 3 is 2.57 bits per heavy atom. The van der Waals surface area contributed by atoms with Crippen LogP contribution in [-0.4, -0.2) is 28.6 Å². The number of hydrogen-bond acceptors (Lipinski definition) is 2. The summed E-state index contributed by atoms with van der Waals surface area (Å²) in [5.74, 6) is 1.15. The van der Waals surface area contributed by atoms with Crippen molar-refractivity contribution in [2.75, 3.05) is 6.54 Å². The SMILES string of the molecule is O=C(O)C1C2CCCC2CN1Cc1ccc(C2CC2)cc1. The van der Waals surface area contributed by atoms with Crippen LogP contribution in [0.3, 0.4) is 0 Å². The molecule has 1 N–H and O–H groups in total. The summed E-state index contributed by atoms with van der Waals surface area (Å²) in [5.41, 5.74) is 2.71. The molecule has 0 amide bonds. The second-order valence-electron chi connectivity index (χ2n) is 7.08. The number of carbonyl (C=O) groups is 1. The first-order valence-electron chi connectivity index (χ1n) is 8.28. The topological polar surface area (TPSA) is 40.5 Å². The van der Waals surface area contributed by atoms with Gasteiger partial charge in [-0.05, 0) is 54.6 Å². The van der Waals surface area contributed by atoms with Crippen LogP contribution in [0.2, 0.25) is 0 Å². The van der Waals surface area contributed by atoms with Crippen LogP contribution < -0.4 is 0 Å². The molecule has 0 radical (unpaired) electrons. The highest BCUT2D eigenvalue weighted by atomic mass is 16.4. The Bertz CT molecular complexity index is 535. The third-order valence-corrected chi connectivity index (χ3v) is 5.65. The Hall–Kier alpha value is -1.35. The maximum absolute atomic E-state index is 11.7. The summed E-state index contributed by atoms with van der Waals surface area (Å²) in [6.07, 6.45) is 6.18. The van der Waals surface area contributed by atoms with Gasteiger partial charge < -0.3 is 5.11 Å². The summed E-state index contributed by atoms with van der Waals surface area (Å²) in [5, 5.41) is 9.59. The van der Waals surface area contributed by atoms with Crippen molar-refractivity contribution in [2.24, 2.45) is 11.8 Å². The smallest absolute Gasteiger partial charge is 0.321 e. The molecular weight excluding hydrogens is 262 g/mol. The predicted molar refractivity (Wildman–Crippen MR) is 81.1 cm³/mol. The Morgan fingerprint density at radius 2 is 1.90 bits per heavy atom. The van der Waals surface area contributed by atoms with E-state index in [-0.39, 0.29) is 6.04 Å². The normalized spacial score (nSPS) is 32.3. The maximum Gasteiger partial charge on any atom is 0.321 e. The lowest BCUT2D eigenvalue weighted by Gasteiger charge is -2.24. The van der Waals surface area contributed by atoms with Gasteiger partial charge in [0, 0.05) is 13.1 Å². The second kappa shape index (κ2) is 5.13. The van der Waals surface area contributed by atoms with Crippen molar-refractivity contribution >= 4 is 5.97 Å². The van der Waals surface area contributed by atoms with E-state index >= 15 is 0 Å². The van der Waals surface area contributed by atoms with Crippen LogP contribution in [0.5, 0.6) is 0 Å². The molecule has 1 aromatic carbocycles. The monoisotopic (exact) mass is 285 g/mol. The zero-order valence-corrected chi connectivity index (χ0v) is 12.4. The zero-order valence-electron chi connectivity index (χ0n) is 12.4. The molecule has 21 heavy (non-hydrogen) atoms. The van der Waals surface area contributed by atoms with E-state index in [0.29, 0.717) is 11.8 Å². The van der Waals surface area contributed by atoms with E-state index in [1.54, 1.807) is 0 Å². The molecular formula is C18H23NO2. The number of hydrogen-bond donors (Lipinski definition) is 1. The minimum Gasteiger partial charge on any atom is -0.480 e. The van der Waals surface area contributed by atoms with Gasteiger partial charge in [-0.1, -0.05) is 30.7 Å². The Morgan fingerprint density at radius 1 is 1.14 bits per heavy atom. The van der Waals surface area contributed by atoms with Gasteiger partial charge in [0.05, 0.1) is 0 Å². The average Bonchev–Trinajstić information content (AvgIpc) is 3.11. The van der Waals surface area contributed by atoms with Crippen LogP contribution >= 0.6 is 0 Å². The number of nitrogens with zero attached hydrogens (tertiary/aromatic N) is 1. The molecule has 3 nitrogen and oxygen atoms in total. The second-order valence-corrected chi connectivity index (χ2v) is 7.08. The van der Waals surface area contributed by atoms with Gasteiger partial charge in [0.15, 0.2) is 0 Å². The van der Waals surface area contributed by atoms with Crippen LogP contribution in [-0.2, 0) is 11.3 Å². The van der Waals surface area contributed by atoms with E-state index in [4.69, 9.17) is 0 Å². The summed E-state index contributed by atoms with van der Waals surface area (Å²) < 4.78 is 0. The van der Waals surface area contributed by atoms with Crippen LogP contribution in [0.25, 0.3) is 0 Å². The lowest BCUT2D eigenvalue weighted by Crippen LogP contribution is -2.39. The first-order valence-corrected chi connectivity index (χ1v) is 8.28. The van der Waals surface area contributed by atoms with Crippen molar-refractivity contribution in [2.45, 2.75) is 50.6 Å². The number of benzene rings is 1. The predicted octanol–water partition coefficient (Wildman–Crippen LogP) is 3.25. The molecule has 3 unspecified atom stereocenters. The molecule has 3 heteroatoms. The minimum absolute atomic E-state index is 0.263. The van der Waals surface area contributed by atoms with E-state index in [0.717, 1.165) is 25.4 Å². The summed E-state index contributed by atoms with van der Waals surface area (Å²) in [4.78, 5) is 13.9. The van der Waals surface area contributed by atoms with E-state index in [2.05, 4.69) is 29.2 Å². The maximum atomic E-state index is 11.7. The first kappa shape index (κ1) is 13.3. The highest BCUT2D eigenvalue weighted by Gasteiger charge is 2.47. The fourth-order valence-electron chi connectivity index (χ4n) is 4.44. The number of carboxylic acid groups (broad SMARTS) is 1. The van der Waals surface area contributed by atoms with Gasteiger partial charge in [-0.3, -0.25) is 9.69 Å². The van der Waals surface area contributed by atoms with Crippen LogP contribution in [0.1, 0.15) is 49.1 Å². The third-order valence-electron chi connectivity index (χ3n) is 5.65. The highest BCUT2D eigenvalue weighted by Crippen LogP contribution is 2.43. The lowest BCUT2D eigenvalue weighted by atomic mass is 9.94. The summed E-state index contributed by atoms with van der Waals surface area (Å²) in [6, 6.07) is 8.60. The molecule has 2 aliphatic carbocycles. The third kappa shape index (κ3) is 2.48. The van der Waals surface area contributed by atoms with Gasteiger partial charge in [0.2, 0.25) is 0 Å². The molecule has 4 rings (SSSR count). The van der Waals surface area contributed by atoms with E-state index in [1.807, 2.05) is 0 Å². The van der Waals surface area contributed by atoms with Crippen molar-refractivity contribution < 1.29 is 9.90 Å². The molecule has 2 saturated carbocycles. The molecule has 1 aliphatic heterocycles.